The van der Waals surface area contributed by atoms with Gasteiger partial charge in [0.2, 0.25) is 11.8 Å². The van der Waals surface area contributed by atoms with Crippen LogP contribution in [0, 0.1) is 0 Å². The van der Waals surface area contributed by atoms with Crippen LogP contribution in [0.5, 0.6) is 11.5 Å². The van der Waals surface area contributed by atoms with E-state index >= 15 is 0 Å². The molecule has 1 aliphatic heterocycles. The number of methoxy groups -OCH3 is 1. The van der Waals surface area contributed by atoms with Gasteiger partial charge in [0.15, 0.2) is 11.5 Å². The normalized spacial score (nSPS) is 21.1. The standard InChI is InChI=1S/C29H40N2O9/c1-17(2)39-12-6-10-31(24(35)8-5-7-18(3)34)22-15-21(29(37)30-9-11-32)25-20-13-19(16-33)14-23(38-4)27(20)40-28(25)26(22)36/h13-17,22,25-26,28,32,36H,5-12H2,1-4H3,(H,30,37). The fourth-order valence-electron chi connectivity index (χ4n) is 5.18. The highest BCUT2D eigenvalue weighted by Gasteiger charge is 2.51. The highest BCUT2D eigenvalue weighted by atomic mass is 16.5. The summed E-state index contributed by atoms with van der Waals surface area (Å²) in [6.07, 6.45) is 1.29. The third-order valence-corrected chi connectivity index (χ3v) is 7.01. The number of carbonyl (C=O) groups excluding carboxylic acids is 4. The first kappa shape index (κ1) is 31.3. The fraction of sp³-hybridized carbons (Fsp3) is 0.586. The molecular formula is C29H40N2O9. The second-order valence-electron chi connectivity index (χ2n) is 10.3. The Hall–Kier alpha value is -3.28. The van der Waals surface area contributed by atoms with Gasteiger partial charge in [-0.1, -0.05) is 0 Å². The van der Waals surface area contributed by atoms with Crippen molar-refractivity contribution in [3.05, 3.63) is 34.9 Å². The molecule has 2 amide bonds. The first-order valence-electron chi connectivity index (χ1n) is 13.7. The summed E-state index contributed by atoms with van der Waals surface area (Å²) in [6, 6.07) is 2.21. The maximum atomic E-state index is 13.4. The average molecular weight is 561 g/mol. The zero-order valence-electron chi connectivity index (χ0n) is 23.6. The molecule has 1 aromatic carbocycles. The lowest BCUT2D eigenvalue weighted by atomic mass is 9.77. The second-order valence-corrected chi connectivity index (χ2v) is 10.3. The van der Waals surface area contributed by atoms with Crippen LogP contribution in [-0.4, -0.2) is 96.8 Å². The molecule has 0 saturated carbocycles. The summed E-state index contributed by atoms with van der Waals surface area (Å²) in [5.41, 5.74) is 1.08. The van der Waals surface area contributed by atoms with Crippen LogP contribution >= 0.6 is 0 Å². The number of fused-ring (bicyclic) bond motifs is 3. The molecule has 0 fully saturated rings. The molecule has 11 heteroatoms. The summed E-state index contributed by atoms with van der Waals surface area (Å²) in [7, 11) is 1.43. The number of aliphatic hydroxyl groups excluding tert-OH is 2. The van der Waals surface area contributed by atoms with E-state index in [1.807, 2.05) is 13.8 Å². The molecule has 3 rings (SSSR count). The maximum absolute atomic E-state index is 13.4. The number of nitrogens with one attached hydrogen (secondary N) is 1. The molecule has 2 aliphatic rings. The summed E-state index contributed by atoms with van der Waals surface area (Å²) in [6.45, 7) is 5.67. The number of nitrogens with zero attached hydrogens (tertiary/aromatic N) is 1. The van der Waals surface area contributed by atoms with Crippen molar-refractivity contribution in [2.75, 3.05) is 33.4 Å². The Labute approximate surface area is 234 Å². The molecule has 1 aliphatic carbocycles. The van der Waals surface area contributed by atoms with E-state index in [9.17, 15) is 29.4 Å². The first-order valence-corrected chi connectivity index (χ1v) is 13.7. The number of ketones is 1. The average Bonchev–Trinajstić information content (AvgIpc) is 3.31. The topological polar surface area (TPSA) is 152 Å². The molecular weight excluding hydrogens is 520 g/mol. The largest absolute Gasteiger partial charge is 0.493 e. The second kappa shape index (κ2) is 14.4. The molecule has 40 heavy (non-hydrogen) atoms. The summed E-state index contributed by atoms with van der Waals surface area (Å²) >= 11 is 0. The Balaban J connectivity index is 2.03. The minimum absolute atomic E-state index is 0.00637. The van der Waals surface area contributed by atoms with Crippen LogP contribution in [0.4, 0.5) is 0 Å². The Bertz CT molecular complexity index is 1120. The van der Waals surface area contributed by atoms with E-state index in [1.54, 1.807) is 12.1 Å². The predicted molar refractivity (Wildman–Crippen MR) is 145 cm³/mol. The van der Waals surface area contributed by atoms with Crippen LogP contribution in [0.25, 0.3) is 0 Å². The van der Waals surface area contributed by atoms with Crippen molar-refractivity contribution < 1.29 is 43.6 Å². The van der Waals surface area contributed by atoms with Crippen LogP contribution < -0.4 is 14.8 Å². The van der Waals surface area contributed by atoms with Crippen molar-refractivity contribution in [2.45, 2.75) is 76.7 Å². The number of benzene rings is 1. The minimum atomic E-state index is -1.22. The highest BCUT2D eigenvalue weighted by Crippen LogP contribution is 2.51. The number of Topliss-reactive ketones (excluding diaryl/α,β-unsaturated/α-hetero) is 1. The smallest absolute Gasteiger partial charge is 0.247 e. The van der Waals surface area contributed by atoms with E-state index in [-0.39, 0.29) is 61.7 Å². The SMILES string of the molecule is COc1cc(C=O)cc2c1OC1C2C(C(=O)NCCO)=CC(N(CCCOC(C)C)C(=O)CCCC(C)=O)C1O. The van der Waals surface area contributed by atoms with Gasteiger partial charge in [0, 0.05) is 49.2 Å². The highest BCUT2D eigenvalue weighted by molar-refractivity contribution is 5.96. The summed E-state index contributed by atoms with van der Waals surface area (Å²) in [4.78, 5) is 51.4. The van der Waals surface area contributed by atoms with Gasteiger partial charge in [-0.3, -0.25) is 14.4 Å². The number of hydrogen-bond acceptors (Lipinski definition) is 9. The van der Waals surface area contributed by atoms with Crippen molar-refractivity contribution >= 4 is 23.9 Å². The molecule has 4 atom stereocenters. The van der Waals surface area contributed by atoms with Crippen molar-refractivity contribution in [1.82, 2.24) is 10.2 Å². The van der Waals surface area contributed by atoms with Crippen LogP contribution in [0.1, 0.15) is 68.3 Å². The fourth-order valence-corrected chi connectivity index (χ4v) is 5.18. The van der Waals surface area contributed by atoms with Crippen LogP contribution in [-0.2, 0) is 19.1 Å². The molecule has 1 aromatic rings. The van der Waals surface area contributed by atoms with E-state index in [2.05, 4.69) is 5.32 Å². The van der Waals surface area contributed by atoms with Gasteiger partial charge in [-0.2, -0.15) is 0 Å². The molecule has 0 saturated heterocycles. The van der Waals surface area contributed by atoms with Crippen molar-refractivity contribution in [1.29, 1.82) is 0 Å². The number of aliphatic hydroxyl groups is 2. The number of ether oxygens (including phenoxy) is 3. The van der Waals surface area contributed by atoms with Crippen molar-refractivity contribution in [3.8, 4) is 11.5 Å². The molecule has 0 aromatic heterocycles. The third kappa shape index (κ3) is 7.26. The summed E-state index contributed by atoms with van der Waals surface area (Å²) < 4.78 is 17.3. The lowest BCUT2D eigenvalue weighted by molar-refractivity contribution is -0.137. The minimum Gasteiger partial charge on any atom is -0.493 e. The number of carbonyl (C=O) groups is 4. The Morgan fingerprint density at radius 2 is 1.95 bits per heavy atom. The molecule has 1 heterocycles. The van der Waals surface area contributed by atoms with Crippen molar-refractivity contribution in [3.63, 3.8) is 0 Å². The Morgan fingerprint density at radius 1 is 1.20 bits per heavy atom. The number of amides is 2. The molecule has 220 valence electrons. The van der Waals surface area contributed by atoms with Gasteiger partial charge in [0.05, 0.1) is 31.8 Å². The van der Waals surface area contributed by atoms with E-state index in [0.29, 0.717) is 42.6 Å². The lowest BCUT2D eigenvalue weighted by Crippen LogP contribution is -2.56. The first-order chi connectivity index (χ1) is 19.1. The summed E-state index contributed by atoms with van der Waals surface area (Å²) in [5, 5.41) is 23.6. The molecule has 0 spiro atoms. The monoisotopic (exact) mass is 560 g/mol. The third-order valence-electron chi connectivity index (χ3n) is 7.01. The number of aldehydes is 1. The van der Waals surface area contributed by atoms with Gasteiger partial charge in [-0.05, 0) is 51.8 Å². The predicted octanol–water partition coefficient (Wildman–Crippen LogP) is 1.53. The maximum Gasteiger partial charge on any atom is 0.247 e. The van der Waals surface area contributed by atoms with Crippen LogP contribution in [0.3, 0.4) is 0 Å². The van der Waals surface area contributed by atoms with Gasteiger partial charge in [-0.25, -0.2) is 0 Å². The van der Waals surface area contributed by atoms with Gasteiger partial charge in [-0.15, -0.1) is 0 Å². The van der Waals surface area contributed by atoms with E-state index in [1.165, 1.54) is 25.0 Å². The van der Waals surface area contributed by atoms with E-state index < -0.39 is 30.1 Å². The van der Waals surface area contributed by atoms with Crippen LogP contribution in [0.2, 0.25) is 0 Å². The lowest BCUT2D eigenvalue weighted by Gasteiger charge is -2.41. The van der Waals surface area contributed by atoms with Gasteiger partial charge in [0.1, 0.15) is 24.3 Å². The van der Waals surface area contributed by atoms with Crippen molar-refractivity contribution in [2.24, 2.45) is 0 Å². The quantitative estimate of drug-likeness (QED) is 0.214. The zero-order chi connectivity index (χ0) is 29.4. The van der Waals surface area contributed by atoms with Gasteiger partial charge >= 0.3 is 0 Å². The van der Waals surface area contributed by atoms with Crippen LogP contribution in [0.15, 0.2) is 23.8 Å². The summed E-state index contributed by atoms with van der Waals surface area (Å²) in [5.74, 6) is -0.915. The Kier molecular flexibility index (Phi) is 11.2. The number of rotatable bonds is 15. The zero-order valence-corrected chi connectivity index (χ0v) is 23.6. The molecule has 11 nitrogen and oxygen atoms in total. The van der Waals surface area contributed by atoms with Gasteiger partial charge in [0.25, 0.3) is 0 Å². The molecule has 4 unspecified atom stereocenters. The molecule has 0 radical (unpaired) electrons. The Morgan fingerprint density at radius 3 is 2.58 bits per heavy atom. The number of hydrogen-bond donors (Lipinski definition) is 3. The van der Waals surface area contributed by atoms with E-state index in [4.69, 9.17) is 14.2 Å². The molecule has 0 bridgehead atoms. The van der Waals surface area contributed by atoms with E-state index in [0.717, 1.165) is 0 Å². The van der Waals surface area contributed by atoms with Gasteiger partial charge < -0.3 is 39.4 Å². The molecule has 3 N–H and O–H groups in total.